The Kier molecular flexibility index (Phi) is 6.05. The fourth-order valence-corrected chi connectivity index (χ4v) is 2.55. The molecule has 2 atom stereocenters. The summed E-state index contributed by atoms with van der Waals surface area (Å²) in [5.74, 6) is -1.71. The third kappa shape index (κ3) is 4.97. The maximum absolute atomic E-state index is 13.2. The molecule has 1 N–H and O–H groups in total. The lowest BCUT2D eigenvalue weighted by Crippen LogP contribution is -2.34. The van der Waals surface area contributed by atoms with Gasteiger partial charge in [0.1, 0.15) is 12.1 Å². The van der Waals surface area contributed by atoms with Crippen LogP contribution in [0.1, 0.15) is 18.5 Å². The Morgan fingerprint density at radius 1 is 1.18 bits per heavy atom. The molecule has 3 aromatic rings. The van der Waals surface area contributed by atoms with Crippen molar-refractivity contribution in [1.82, 2.24) is 20.2 Å². The number of amides is 1. The fourth-order valence-electron chi connectivity index (χ4n) is 2.55. The molecular weight excluding hydrogens is 365 g/mol. The second-order valence-corrected chi connectivity index (χ2v) is 6.07. The van der Waals surface area contributed by atoms with Gasteiger partial charge in [0.15, 0.2) is 12.1 Å². The quantitative estimate of drug-likeness (QED) is 0.628. The Morgan fingerprint density at radius 3 is 2.64 bits per heavy atom. The van der Waals surface area contributed by atoms with Crippen LogP contribution in [0.2, 0.25) is 0 Å². The van der Waals surface area contributed by atoms with E-state index in [1.165, 1.54) is 42.2 Å². The standard InChI is InChI=1S/C19H18FN5O3/c1-13(18(26)22-16-9-5-8-15(20)11-16)28-19(27)17(25-12-21-23-24-25)10-14-6-3-2-4-7-14/h2-9,11-13,17H,10H2,1H3,(H,22,26)/t13-,17+/m0/s1. The van der Waals surface area contributed by atoms with Gasteiger partial charge in [-0.2, -0.15) is 0 Å². The Labute approximate surface area is 160 Å². The molecule has 0 aliphatic heterocycles. The number of hydrogen-bond acceptors (Lipinski definition) is 6. The van der Waals surface area contributed by atoms with Crippen LogP contribution < -0.4 is 5.32 Å². The summed E-state index contributed by atoms with van der Waals surface area (Å²) >= 11 is 0. The first kappa shape index (κ1) is 19.2. The number of esters is 1. The SMILES string of the molecule is C[C@H](OC(=O)[C@@H](Cc1ccccc1)n1cnnn1)C(=O)Nc1cccc(F)c1. The van der Waals surface area contributed by atoms with E-state index in [0.29, 0.717) is 6.42 Å². The molecule has 1 aromatic heterocycles. The number of ether oxygens (including phenoxy) is 1. The summed E-state index contributed by atoms with van der Waals surface area (Å²) in [7, 11) is 0. The van der Waals surface area contributed by atoms with Gasteiger partial charge in [-0.25, -0.2) is 13.9 Å². The van der Waals surface area contributed by atoms with Crippen LogP contribution in [0.4, 0.5) is 10.1 Å². The molecule has 0 fully saturated rings. The number of rotatable bonds is 7. The molecule has 0 saturated carbocycles. The van der Waals surface area contributed by atoms with E-state index >= 15 is 0 Å². The number of aromatic nitrogens is 4. The maximum Gasteiger partial charge on any atom is 0.332 e. The van der Waals surface area contributed by atoms with E-state index in [1.54, 1.807) is 0 Å². The predicted octanol–water partition coefficient (Wildman–Crippen LogP) is 2.17. The Balaban J connectivity index is 1.67. The summed E-state index contributed by atoms with van der Waals surface area (Å²) < 4.78 is 19.8. The largest absolute Gasteiger partial charge is 0.451 e. The highest BCUT2D eigenvalue weighted by Gasteiger charge is 2.28. The number of nitrogens with one attached hydrogen (secondary N) is 1. The Bertz CT molecular complexity index is 934. The maximum atomic E-state index is 13.2. The highest BCUT2D eigenvalue weighted by Crippen LogP contribution is 2.16. The van der Waals surface area contributed by atoms with E-state index in [2.05, 4.69) is 20.8 Å². The van der Waals surface area contributed by atoms with Gasteiger partial charge >= 0.3 is 5.97 Å². The number of carbonyl (C=O) groups excluding carboxylic acids is 2. The van der Waals surface area contributed by atoms with Gasteiger partial charge in [0.05, 0.1) is 0 Å². The second-order valence-electron chi connectivity index (χ2n) is 6.07. The van der Waals surface area contributed by atoms with Crippen LogP contribution >= 0.6 is 0 Å². The van der Waals surface area contributed by atoms with Crippen molar-refractivity contribution in [3.8, 4) is 0 Å². The highest BCUT2D eigenvalue weighted by atomic mass is 19.1. The zero-order valence-corrected chi connectivity index (χ0v) is 15.0. The first-order valence-electron chi connectivity index (χ1n) is 8.56. The van der Waals surface area contributed by atoms with Crippen LogP contribution in [-0.2, 0) is 20.7 Å². The molecule has 1 heterocycles. The van der Waals surface area contributed by atoms with Crippen molar-refractivity contribution in [2.75, 3.05) is 5.32 Å². The number of anilines is 1. The first-order chi connectivity index (χ1) is 13.5. The first-order valence-corrected chi connectivity index (χ1v) is 8.56. The van der Waals surface area contributed by atoms with Crippen molar-refractivity contribution in [1.29, 1.82) is 0 Å². The third-order valence-corrected chi connectivity index (χ3v) is 3.98. The Morgan fingerprint density at radius 2 is 1.96 bits per heavy atom. The normalized spacial score (nSPS) is 12.8. The minimum Gasteiger partial charge on any atom is -0.451 e. The molecule has 0 spiro atoms. The lowest BCUT2D eigenvalue weighted by atomic mass is 10.1. The Hall–Kier alpha value is -3.62. The van der Waals surface area contributed by atoms with Crippen LogP contribution in [0.15, 0.2) is 60.9 Å². The van der Waals surface area contributed by atoms with E-state index in [1.807, 2.05) is 30.3 Å². The smallest absolute Gasteiger partial charge is 0.332 e. The van der Waals surface area contributed by atoms with Crippen LogP contribution in [0.5, 0.6) is 0 Å². The molecule has 28 heavy (non-hydrogen) atoms. The van der Waals surface area contributed by atoms with E-state index in [0.717, 1.165) is 5.56 Å². The van der Waals surface area contributed by atoms with Crippen LogP contribution in [0, 0.1) is 5.82 Å². The van der Waals surface area contributed by atoms with Crippen LogP contribution in [-0.4, -0.2) is 38.2 Å². The highest BCUT2D eigenvalue weighted by molar-refractivity contribution is 5.95. The van der Waals surface area contributed by atoms with Crippen molar-refractivity contribution in [2.24, 2.45) is 0 Å². The summed E-state index contributed by atoms with van der Waals surface area (Å²) in [5, 5.41) is 13.4. The number of hydrogen-bond donors (Lipinski definition) is 1. The molecule has 0 radical (unpaired) electrons. The number of benzene rings is 2. The molecule has 0 aliphatic carbocycles. The molecule has 0 aliphatic rings. The van der Waals surface area contributed by atoms with Crippen molar-refractivity contribution in [3.05, 3.63) is 72.3 Å². The van der Waals surface area contributed by atoms with Gasteiger partial charge in [0.25, 0.3) is 5.91 Å². The average molecular weight is 383 g/mol. The van der Waals surface area contributed by atoms with Crippen molar-refractivity contribution in [3.63, 3.8) is 0 Å². The average Bonchev–Trinajstić information content (AvgIpc) is 3.21. The summed E-state index contributed by atoms with van der Waals surface area (Å²) in [6.45, 7) is 1.44. The minimum absolute atomic E-state index is 0.272. The van der Waals surface area contributed by atoms with E-state index < -0.39 is 29.8 Å². The monoisotopic (exact) mass is 383 g/mol. The van der Waals surface area contributed by atoms with Gasteiger partial charge in [-0.1, -0.05) is 36.4 Å². The van der Waals surface area contributed by atoms with Crippen molar-refractivity contribution < 1.29 is 18.7 Å². The lowest BCUT2D eigenvalue weighted by Gasteiger charge is -2.19. The van der Waals surface area contributed by atoms with Gasteiger partial charge in [-0.3, -0.25) is 4.79 Å². The molecule has 1 amide bonds. The van der Waals surface area contributed by atoms with E-state index in [-0.39, 0.29) is 5.69 Å². The van der Waals surface area contributed by atoms with Crippen molar-refractivity contribution >= 4 is 17.6 Å². The lowest BCUT2D eigenvalue weighted by molar-refractivity contribution is -0.156. The van der Waals surface area contributed by atoms with Crippen LogP contribution in [0.3, 0.4) is 0 Å². The zero-order valence-electron chi connectivity index (χ0n) is 15.0. The van der Waals surface area contributed by atoms with Gasteiger partial charge in [-0.15, -0.1) is 5.10 Å². The summed E-state index contributed by atoms with van der Waals surface area (Å²) in [4.78, 5) is 25.0. The number of nitrogens with zero attached hydrogens (tertiary/aromatic N) is 4. The minimum atomic E-state index is -1.09. The van der Waals surface area contributed by atoms with Gasteiger partial charge < -0.3 is 10.1 Å². The fraction of sp³-hybridized carbons (Fsp3) is 0.211. The molecule has 9 heteroatoms. The molecule has 2 aromatic carbocycles. The number of tetrazole rings is 1. The zero-order chi connectivity index (χ0) is 19.9. The van der Waals surface area contributed by atoms with E-state index in [9.17, 15) is 14.0 Å². The molecule has 0 saturated heterocycles. The van der Waals surface area contributed by atoms with Crippen LogP contribution in [0.25, 0.3) is 0 Å². The summed E-state index contributed by atoms with van der Waals surface area (Å²) in [5.41, 5.74) is 1.16. The molecule has 144 valence electrons. The molecule has 3 rings (SSSR count). The third-order valence-electron chi connectivity index (χ3n) is 3.98. The predicted molar refractivity (Wildman–Crippen MR) is 97.6 cm³/mol. The second kappa shape index (κ2) is 8.85. The molecule has 0 bridgehead atoms. The van der Waals surface area contributed by atoms with Gasteiger partial charge in [0, 0.05) is 12.1 Å². The number of carbonyl (C=O) groups is 2. The molecule has 8 nitrogen and oxygen atoms in total. The topological polar surface area (TPSA) is 99.0 Å². The molecular formula is C19H18FN5O3. The van der Waals surface area contributed by atoms with E-state index in [4.69, 9.17) is 4.74 Å². The summed E-state index contributed by atoms with van der Waals surface area (Å²) in [6, 6.07) is 13.9. The summed E-state index contributed by atoms with van der Waals surface area (Å²) in [6.07, 6.45) is 0.514. The van der Waals surface area contributed by atoms with Gasteiger partial charge in [-0.05, 0) is 41.1 Å². The van der Waals surface area contributed by atoms with Gasteiger partial charge in [0.2, 0.25) is 0 Å². The molecule has 0 unspecified atom stereocenters. The number of halogens is 1. The van der Waals surface area contributed by atoms with Crippen molar-refractivity contribution in [2.45, 2.75) is 25.5 Å².